The van der Waals surface area contributed by atoms with Crippen LogP contribution < -0.4 is 5.32 Å². The maximum absolute atomic E-state index is 12.6. The van der Waals surface area contributed by atoms with Crippen molar-refractivity contribution in [2.45, 2.75) is 82.7 Å². The molecular weight excluding hydrogens is 482 g/mol. The number of carbonyl (C=O) groups is 1. The summed E-state index contributed by atoms with van der Waals surface area (Å²) in [7, 11) is 0. The third-order valence-corrected chi connectivity index (χ3v) is 9.08. The highest BCUT2D eigenvalue weighted by Gasteiger charge is 2.38. The van der Waals surface area contributed by atoms with Crippen LogP contribution in [0.15, 0.2) is 42.6 Å². The number of benzene rings is 2. The molecule has 0 atom stereocenters. The van der Waals surface area contributed by atoms with Crippen molar-refractivity contribution in [3.63, 3.8) is 0 Å². The van der Waals surface area contributed by atoms with Gasteiger partial charge in [-0.25, -0.2) is 0 Å². The van der Waals surface area contributed by atoms with Crippen molar-refractivity contribution in [3.05, 3.63) is 53.2 Å². The van der Waals surface area contributed by atoms with Crippen LogP contribution >= 0.6 is 11.6 Å². The smallest absolute Gasteiger partial charge is 0.134 e. The normalized spacial score (nSPS) is 21.4. The van der Waals surface area contributed by atoms with Crippen LogP contribution in [-0.4, -0.2) is 46.4 Å². The zero-order chi connectivity index (χ0) is 26.0. The van der Waals surface area contributed by atoms with Gasteiger partial charge >= 0.3 is 0 Å². The van der Waals surface area contributed by atoms with Gasteiger partial charge in [0.1, 0.15) is 12.0 Å². The standard InChI is InChI=1S/C31H38ClN3O2/c1-3-35(4-2)24-11-9-23(10-12-24)34-30-25-17-21(22-8-14-29(37)27(32)18-22)7-13-28(25)33-19-26(30)31(20-36)15-5-6-16-31/h7-8,13-14,17-20,23-24,37H,3-6,9-12,15-16H2,1-2H3,(H,33,34). The second-order valence-electron chi connectivity index (χ2n) is 10.8. The largest absolute Gasteiger partial charge is 0.506 e. The van der Waals surface area contributed by atoms with Gasteiger partial charge in [0.2, 0.25) is 0 Å². The van der Waals surface area contributed by atoms with E-state index in [-0.39, 0.29) is 5.75 Å². The van der Waals surface area contributed by atoms with Gasteiger partial charge in [0.05, 0.1) is 16.0 Å². The van der Waals surface area contributed by atoms with Crippen molar-refractivity contribution in [3.8, 4) is 16.9 Å². The van der Waals surface area contributed by atoms with E-state index in [1.165, 1.54) is 19.1 Å². The molecule has 0 unspecified atom stereocenters. The predicted octanol–water partition coefficient (Wildman–Crippen LogP) is 7.34. The molecule has 5 nitrogen and oxygen atoms in total. The lowest BCUT2D eigenvalue weighted by Crippen LogP contribution is -2.40. The number of aromatic hydroxyl groups is 1. The molecule has 3 aromatic rings. The first kappa shape index (κ1) is 26.0. The fourth-order valence-electron chi connectivity index (χ4n) is 6.58. The van der Waals surface area contributed by atoms with Crippen molar-refractivity contribution in [2.75, 3.05) is 18.4 Å². The lowest BCUT2D eigenvalue weighted by atomic mass is 9.79. The number of aldehydes is 1. The Hall–Kier alpha value is -2.63. The van der Waals surface area contributed by atoms with Gasteiger partial charge < -0.3 is 20.1 Å². The Morgan fingerprint density at radius 2 is 1.73 bits per heavy atom. The molecule has 0 aliphatic heterocycles. The van der Waals surface area contributed by atoms with Crippen molar-refractivity contribution >= 4 is 34.5 Å². The van der Waals surface area contributed by atoms with Crippen LogP contribution in [0.2, 0.25) is 5.02 Å². The summed E-state index contributed by atoms with van der Waals surface area (Å²) in [5, 5.41) is 15.2. The van der Waals surface area contributed by atoms with Gasteiger partial charge in [-0.05, 0) is 87.0 Å². The quantitative estimate of drug-likeness (QED) is 0.305. The molecule has 2 fully saturated rings. The Labute approximate surface area is 225 Å². The number of hydrogen-bond acceptors (Lipinski definition) is 5. The molecule has 2 aliphatic rings. The van der Waals surface area contributed by atoms with E-state index < -0.39 is 5.41 Å². The summed E-state index contributed by atoms with van der Waals surface area (Å²) in [6.45, 7) is 6.71. The molecule has 0 radical (unpaired) electrons. The number of halogens is 1. The molecular formula is C31H38ClN3O2. The minimum atomic E-state index is -0.472. The summed E-state index contributed by atoms with van der Waals surface area (Å²) in [5.74, 6) is 0.0759. The number of fused-ring (bicyclic) bond motifs is 1. The van der Waals surface area contributed by atoms with Gasteiger partial charge in [-0.1, -0.05) is 50.4 Å². The van der Waals surface area contributed by atoms with E-state index >= 15 is 0 Å². The number of pyridine rings is 1. The second-order valence-corrected chi connectivity index (χ2v) is 11.2. The molecule has 2 aliphatic carbocycles. The predicted molar refractivity (Wildman–Crippen MR) is 153 cm³/mol. The van der Waals surface area contributed by atoms with Gasteiger partial charge in [-0.2, -0.15) is 0 Å². The van der Waals surface area contributed by atoms with Crippen LogP contribution in [0.4, 0.5) is 5.69 Å². The van der Waals surface area contributed by atoms with E-state index in [2.05, 4.69) is 30.1 Å². The fraction of sp³-hybridized carbons (Fsp3) is 0.484. The number of phenols is 1. The van der Waals surface area contributed by atoms with Gasteiger partial charge in [0, 0.05) is 34.9 Å². The molecule has 2 aromatic carbocycles. The average molecular weight is 520 g/mol. The molecule has 0 spiro atoms. The Bertz CT molecular complexity index is 1260. The monoisotopic (exact) mass is 519 g/mol. The Morgan fingerprint density at radius 1 is 1.05 bits per heavy atom. The average Bonchev–Trinajstić information content (AvgIpc) is 3.42. The molecule has 1 aromatic heterocycles. The maximum Gasteiger partial charge on any atom is 0.134 e. The molecule has 5 rings (SSSR count). The summed E-state index contributed by atoms with van der Waals surface area (Å²) in [6, 6.07) is 12.6. The molecule has 0 saturated heterocycles. The summed E-state index contributed by atoms with van der Waals surface area (Å²) in [5.41, 5.74) is 4.49. The summed E-state index contributed by atoms with van der Waals surface area (Å²) in [6.07, 6.45) is 11.6. The van der Waals surface area contributed by atoms with E-state index in [1.54, 1.807) is 12.1 Å². The van der Waals surface area contributed by atoms with Crippen LogP contribution in [0, 0.1) is 0 Å². The van der Waals surface area contributed by atoms with E-state index in [9.17, 15) is 9.90 Å². The van der Waals surface area contributed by atoms with Gasteiger partial charge in [0.15, 0.2) is 0 Å². The highest BCUT2D eigenvalue weighted by atomic mass is 35.5. The van der Waals surface area contributed by atoms with Crippen LogP contribution in [-0.2, 0) is 10.2 Å². The Kier molecular flexibility index (Phi) is 7.73. The Balaban J connectivity index is 1.55. The lowest BCUT2D eigenvalue weighted by Gasteiger charge is -2.37. The number of anilines is 1. The molecule has 196 valence electrons. The summed E-state index contributed by atoms with van der Waals surface area (Å²) in [4.78, 5) is 20.0. The highest BCUT2D eigenvalue weighted by molar-refractivity contribution is 6.32. The third kappa shape index (κ3) is 5.08. The molecule has 6 heteroatoms. The van der Waals surface area contributed by atoms with Gasteiger partial charge in [0.25, 0.3) is 0 Å². The number of nitrogens with zero attached hydrogens (tertiary/aromatic N) is 2. The number of aromatic nitrogens is 1. The first-order valence-electron chi connectivity index (χ1n) is 13.9. The first-order valence-corrected chi connectivity index (χ1v) is 14.2. The minimum absolute atomic E-state index is 0.0759. The number of nitrogens with one attached hydrogen (secondary N) is 1. The molecule has 1 heterocycles. The van der Waals surface area contributed by atoms with Crippen molar-refractivity contribution < 1.29 is 9.90 Å². The minimum Gasteiger partial charge on any atom is -0.506 e. The van der Waals surface area contributed by atoms with Crippen LogP contribution in [0.3, 0.4) is 0 Å². The van der Waals surface area contributed by atoms with Crippen LogP contribution in [0.25, 0.3) is 22.0 Å². The van der Waals surface area contributed by atoms with Gasteiger partial charge in [-0.15, -0.1) is 0 Å². The lowest BCUT2D eigenvalue weighted by molar-refractivity contribution is -0.112. The summed E-state index contributed by atoms with van der Waals surface area (Å²) >= 11 is 6.23. The highest BCUT2D eigenvalue weighted by Crippen LogP contribution is 2.45. The van der Waals surface area contributed by atoms with E-state index in [4.69, 9.17) is 16.6 Å². The fourth-order valence-corrected chi connectivity index (χ4v) is 6.76. The number of hydrogen-bond donors (Lipinski definition) is 2. The summed E-state index contributed by atoms with van der Waals surface area (Å²) < 4.78 is 0. The van der Waals surface area contributed by atoms with Gasteiger partial charge in [-0.3, -0.25) is 4.98 Å². The molecule has 37 heavy (non-hydrogen) atoms. The topological polar surface area (TPSA) is 65.5 Å². The maximum atomic E-state index is 12.6. The van der Waals surface area contributed by atoms with Crippen molar-refractivity contribution in [2.24, 2.45) is 0 Å². The third-order valence-electron chi connectivity index (χ3n) is 8.78. The Morgan fingerprint density at radius 3 is 2.38 bits per heavy atom. The van der Waals surface area contributed by atoms with E-state index in [0.29, 0.717) is 17.1 Å². The zero-order valence-electron chi connectivity index (χ0n) is 22.0. The number of carbonyl (C=O) groups excluding carboxylic acids is 1. The molecule has 2 N–H and O–H groups in total. The van der Waals surface area contributed by atoms with E-state index in [1.807, 2.05) is 24.4 Å². The van der Waals surface area contributed by atoms with Crippen LogP contribution in [0.5, 0.6) is 5.75 Å². The zero-order valence-corrected chi connectivity index (χ0v) is 22.7. The SMILES string of the molecule is CCN(CC)C1CCC(Nc2c(C3(C=O)CCCC3)cnc3ccc(-c4ccc(O)c(Cl)c4)cc23)CC1. The second kappa shape index (κ2) is 11.0. The molecule has 0 bridgehead atoms. The molecule has 2 saturated carbocycles. The van der Waals surface area contributed by atoms with Crippen molar-refractivity contribution in [1.82, 2.24) is 9.88 Å². The number of phenolic OH excluding ortho intramolecular Hbond substituents is 1. The van der Waals surface area contributed by atoms with E-state index in [0.717, 1.165) is 84.9 Å². The first-order chi connectivity index (χ1) is 18.0. The van der Waals surface area contributed by atoms with Crippen LogP contribution in [0.1, 0.15) is 70.8 Å². The number of rotatable bonds is 8. The molecule has 0 amide bonds. The van der Waals surface area contributed by atoms with Crippen molar-refractivity contribution in [1.29, 1.82) is 0 Å².